The molecule has 1 aromatic carbocycles. The van der Waals surface area contributed by atoms with Gasteiger partial charge in [0, 0.05) is 24.2 Å². The molecule has 0 spiro atoms. The molecule has 0 saturated carbocycles. The van der Waals surface area contributed by atoms with E-state index in [4.69, 9.17) is 23.2 Å². The van der Waals surface area contributed by atoms with E-state index in [1.54, 1.807) is 4.90 Å². The van der Waals surface area contributed by atoms with Crippen LogP contribution in [-0.4, -0.2) is 63.4 Å². The third-order valence-corrected chi connectivity index (χ3v) is 9.36. The summed E-state index contributed by atoms with van der Waals surface area (Å²) in [5, 5.41) is 10.6. The molecule has 2 aliphatic rings. The van der Waals surface area contributed by atoms with Crippen LogP contribution >= 0.6 is 34.5 Å². The van der Waals surface area contributed by atoms with E-state index in [1.165, 1.54) is 13.8 Å². The number of halogens is 8. The van der Waals surface area contributed by atoms with Gasteiger partial charge in [0.1, 0.15) is 5.69 Å². The predicted octanol–water partition coefficient (Wildman–Crippen LogP) is 6.77. The van der Waals surface area contributed by atoms with Gasteiger partial charge < -0.3 is 15.3 Å². The molecule has 40 heavy (non-hydrogen) atoms. The number of nitrogens with one attached hydrogen (secondary N) is 1. The maximum Gasteiger partial charge on any atom is 0.406 e. The van der Waals surface area contributed by atoms with Crippen LogP contribution in [0.1, 0.15) is 72.3 Å². The van der Waals surface area contributed by atoms with Crippen LogP contribution in [0.25, 0.3) is 10.4 Å². The zero-order chi connectivity index (χ0) is 30.0. The zero-order valence-corrected chi connectivity index (χ0v) is 23.8. The minimum absolute atomic E-state index is 0.0242. The molecule has 220 valence electrons. The van der Waals surface area contributed by atoms with Crippen molar-refractivity contribution in [3.05, 3.63) is 38.4 Å². The summed E-state index contributed by atoms with van der Waals surface area (Å²) in [7, 11) is 0. The number of carbonyl (C=O) groups is 2. The number of nitrogens with zero attached hydrogens (tertiary/aromatic N) is 2. The van der Waals surface area contributed by atoms with Crippen LogP contribution in [0.15, 0.2) is 12.1 Å². The average molecular weight is 632 g/mol. The van der Waals surface area contributed by atoms with Crippen LogP contribution in [0.3, 0.4) is 0 Å². The Morgan fingerprint density at radius 2 is 1.52 bits per heavy atom. The SMILES string of the molecule is CC(C)(O)CNC(=O)c1nc(C(=O)N2C3CCC2CC3)c(-c2ccc(C(C)(C(F)(F)F)C(F)(F)F)c(Cl)c2Cl)s1. The standard InChI is InChI=1S/C25H25Cl2F6N3O3S/c1-22(2,39)10-34-19(37)20-35-17(21(38)36-11-4-5-12(36)7-6-11)18(40-20)13-8-9-14(16(27)15(13)26)23(3,24(28,29)30)25(31,32)33/h8-9,11-12,39H,4-7,10H2,1-3H3,(H,34,37). The fourth-order valence-electron chi connectivity index (χ4n) is 5.06. The molecular formula is C25H25Cl2F6N3O3S. The number of hydrogen-bond acceptors (Lipinski definition) is 5. The second-order valence-corrected chi connectivity index (χ2v) is 12.5. The van der Waals surface area contributed by atoms with Crippen molar-refractivity contribution in [3.8, 4) is 10.4 Å². The number of aliphatic hydroxyl groups is 1. The Balaban J connectivity index is 1.84. The second kappa shape index (κ2) is 10.3. The molecule has 2 saturated heterocycles. The number of hydrogen-bond donors (Lipinski definition) is 2. The Kier molecular flexibility index (Phi) is 7.96. The van der Waals surface area contributed by atoms with E-state index in [0.29, 0.717) is 17.4 Å². The van der Waals surface area contributed by atoms with Crippen LogP contribution in [0, 0.1) is 0 Å². The summed E-state index contributed by atoms with van der Waals surface area (Å²) in [5.74, 6) is -1.26. The third kappa shape index (κ3) is 5.30. The van der Waals surface area contributed by atoms with Gasteiger partial charge >= 0.3 is 12.4 Å². The maximum absolute atomic E-state index is 13.7. The van der Waals surface area contributed by atoms with Gasteiger partial charge in [-0.1, -0.05) is 35.3 Å². The fraction of sp³-hybridized carbons (Fsp3) is 0.560. The molecule has 2 aromatic rings. The first-order valence-electron chi connectivity index (χ1n) is 12.2. The molecule has 2 aliphatic heterocycles. The predicted molar refractivity (Wildman–Crippen MR) is 138 cm³/mol. The van der Waals surface area contributed by atoms with Gasteiger partial charge in [-0.25, -0.2) is 4.98 Å². The Morgan fingerprint density at radius 3 is 2.00 bits per heavy atom. The van der Waals surface area contributed by atoms with Crippen molar-refractivity contribution in [1.82, 2.24) is 15.2 Å². The summed E-state index contributed by atoms with van der Waals surface area (Å²) in [4.78, 5) is 32.3. The number of thiazole rings is 1. The van der Waals surface area contributed by atoms with Crippen LogP contribution < -0.4 is 5.32 Å². The van der Waals surface area contributed by atoms with E-state index >= 15 is 0 Å². The number of rotatable bonds is 6. The second-order valence-electron chi connectivity index (χ2n) is 10.8. The Morgan fingerprint density at radius 1 is 1.00 bits per heavy atom. The lowest BCUT2D eigenvalue weighted by Crippen LogP contribution is -2.51. The Bertz CT molecular complexity index is 1300. The van der Waals surface area contributed by atoms with Crippen molar-refractivity contribution in [1.29, 1.82) is 0 Å². The molecule has 0 radical (unpaired) electrons. The van der Waals surface area contributed by atoms with Crippen molar-refractivity contribution < 1.29 is 41.0 Å². The molecule has 15 heteroatoms. The molecule has 0 atom stereocenters. The van der Waals surface area contributed by atoms with E-state index in [2.05, 4.69) is 10.3 Å². The third-order valence-electron chi connectivity index (χ3n) is 7.39. The molecule has 2 N–H and O–H groups in total. The van der Waals surface area contributed by atoms with Gasteiger partial charge in [-0.3, -0.25) is 9.59 Å². The van der Waals surface area contributed by atoms with E-state index in [9.17, 15) is 41.0 Å². The molecular weight excluding hydrogens is 607 g/mol. The topological polar surface area (TPSA) is 82.5 Å². The summed E-state index contributed by atoms with van der Waals surface area (Å²) < 4.78 is 82.5. The first kappa shape index (κ1) is 30.9. The van der Waals surface area contributed by atoms with Gasteiger partial charge in [0.05, 0.1) is 20.5 Å². The normalized spacial score (nSPS) is 19.9. The first-order chi connectivity index (χ1) is 18.3. The number of alkyl halides is 6. The molecule has 4 rings (SSSR count). The number of aromatic nitrogens is 1. The van der Waals surface area contributed by atoms with Crippen LogP contribution in [-0.2, 0) is 5.41 Å². The van der Waals surface area contributed by atoms with Crippen molar-refractivity contribution in [2.75, 3.05) is 6.54 Å². The molecule has 3 heterocycles. The quantitative estimate of drug-likeness (QED) is 0.345. The monoisotopic (exact) mass is 631 g/mol. The number of carbonyl (C=O) groups excluding carboxylic acids is 2. The van der Waals surface area contributed by atoms with Crippen LogP contribution in [0.4, 0.5) is 26.3 Å². The molecule has 6 nitrogen and oxygen atoms in total. The van der Waals surface area contributed by atoms with E-state index < -0.39 is 50.8 Å². The van der Waals surface area contributed by atoms with Gasteiger partial charge in [-0.15, -0.1) is 11.3 Å². The summed E-state index contributed by atoms with van der Waals surface area (Å²) in [6.45, 7) is 2.73. The highest BCUT2D eigenvalue weighted by Gasteiger charge is 2.69. The molecule has 2 bridgehead atoms. The van der Waals surface area contributed by atoms with Gasteiger partial charge in [0.2, 0.25) is 0 Å². The summed E-state index contributed by atoms with van der Waals surface area (Å²) in [6, 6.07) is 1.41. The van der Waals surface area contributed by atoms with Gasteiger partial charge in [0.25, 0.3) is 11.8 Å². The summed E-state index contributed by atoms with van der Waals surface area (Å²) in [5.41, 5.74) is -7.25. The molecule has 0 aliphatic carbocycles. The lowest BCUT2D eigenvalue weighted by atomic mass is 9.80. The lowest BCUT2D eigenvalue weighted by Gasteiger charge is -2.35. The first-order valence-corrected chi connectivity index (χ1v) is 13.8. The molecule has 2 amide bonds. The van der Waals surface area contributed by atoms with Crippen molar-refractivity contribution in [2.45, 2.75) is 81.9 Å². The summed E-state index contributed by atoms with van der Waals surface area (Å²) in [6.07, 6.45) is -8.39. The van der Waals surface area contributed by atoms with E-state index in [-0.39, 0.29) is 46.7 Å². The fourth-order valence-corrected chi connectivity index (χ4v) is 6.73. The van der Waals surface area contributed by atoms with Crippen molar-refractivity contribution >= 4 is 46.4 Å². The van der Waals surface area contributed by atoms with E-state index in [0.717, 1.165) is 31.7 Å². The molecule has 1 aromatic heterocycles. The number of amides is 2. The van der Waals surface area contributed by atoms with Gasteiger partial charge in [0.15, 0.2) is 10.4 Å². The number of benzene rings is 1. The highest BCUT2D eigenvalue weighted by molar-refractivity contribution is 7.17. The largest absolute Gasteiger partial charge is 0.406 e. The lowest BCUT2D eigenvalue weighted by molar-refractivity contribution is -0.297. The van der Waals surface area contributed by atoms with Crippen molar-refractivity contribution in [3.63, 3.8) is 0 Å². The average Bonchev–Trinajstić information content (AvgIpc) is 3.56. The summed E-state index contributed by atoms with van der Waals surface area (Å²) >= 11 is 13.1. The van der Waals surface area contributed by atoms with Crippen molar-refractivity contribution in [2.24, 2.45) is 0 Å². The zero-order valence-electron chi connectivity index (χ0n) is 21.4. The minimum Gasteiger partial charge on any atom is -0.389 e. The number of fused-ring (bicyclic) bond motifs is 2. The van der Waals surface area contributed by atoms with Gasteiger partial charge in [-0.2, -0.15) is 26.3 Å². The molecule has 2 fully saturated rings. The highest BCUT2D eigenvalue weighted by atomic mass is 35.5. The van der Waals surface area contributed by atoms with E-state index in [1.807, 2.05) is 0 Å². The minimum atomic E-state index is -5.76. The van der Waals surface area contributed by atoms with Crippen LogP contribution in [0.2, 0.25) is 10.0 Å². The Labute approximate surface area is 239 Å². The van der Waals surface area contributed by atoms with Crippen LogP contribution in [0.5, 0.6) is 0 Å². The highest BCUT2D eigenvalue weighted by Crippen LogP contribution is 2.55. The molecule has 0 unspecified atom stereocenters. The Hall–Kier alpha value is -2.09. The maximum atomic E-state index is 13.7. The smallest absolute Gasteiger partial charge is 0.389 e. The van der Waals surface area contributed by atoms with Gasteiger partial charge in [-0.05, 0) is 52.0 Å².